The zero-order chi connectivity index (χ0) is 25.9. The minimum Gasteiger partial charge on any atom is -0.462 e. The molecule has 4 N–H and O–H groups in total. The Kier molecular flexibility index (Phi) is 7.29. The molecular formula is C29H48O6. The number of hydrogen-bond acceptors (Lipinski definition) is 6. The zero-order valence-electron chi connectivity index (χ0n) is 22.5. The molecule has 6 nitrogen and oxygen atoms in total. The molecule has 0 saturated heterocycles. The lowest BCUT2D eigenvalue weighted by Gasteiger charge is -2.67. The Morgan fingerprint density at radius 1 is 1.06 bits per heavy atom. The Labute approximate surface area is 211 Å². The third-order valence-electron chi connectivity index (χ3n) is 11.1. The van der Waals surface area contributed by atoms with Crippen LogP contribution in [0.3, 0.4) is 0 Å². The maximum atomic E-state index is 12.3. The molecule has 6 heteroatoms. The molecule has 0 aliphatic heterocycles. The summed E-state index contributed by atoms with van der Waals surface area (Å²) in [7, 11) is 0. The van der Waals surface area contributed by atoms with Crippen molar-refractivity contribution in [3.8, 4) is 0 Å². The molecule has 0 spiro atoms. The van der Waals surface area contributed by atoms with Gasteiger partial charge in [0, 0.05) is 24.7 Å². The number of ether oxygens (including phenoxy) is 1. The van der Waals surface area contributed by atoms with Crippen molar-refractivity contribution in [2.45, 2.75) is 123 Å². The van der Waals surface area contributed by atoms with E-state index < -0.39 is 35.4 Å². The van der Waals surface area contributed by atoms with Gasteiger partial charge in [0.05, 0.1) is 18.3 Å². The van der Waals surface area contributed by atoms with Crippen LogP contribution in [0, 0.1) is 40.4 Å². The fourth-order valence-corrected chi connectivity index (χ4v) is 9.54. The molecule has 0 radical (unpaired) electrons. The van der Waals surface area contributed by atoms with Crippen molar-refractivity contribution in [2.75, 3.05) is 0 Å². The molecule has 5 unspecified atom stereocenters. The molecule has 0 heterocycles. The van der Waals surface area contributed by atoms with Crippen LogP contribution in [-0.4, -0.2) is 56.4 Å². The van der Waals surface area contributed by atoms with Crippen molar-refractivity contribution in [1.29, 1.82) is 0 Å². The molecule has 0 aromatic heterocycles. The summed E-state index contributed by atoms with van der Waals surface area (Å²) in [6, 6.07) is 0. The second kappa shape index (κ2) is 9.41. The monoisotopic (exact) mass is 492 g/mol. The zero-order valence-corrected chi connectivity index (χ0v) is 22.5. The van der Waals surface area contributed by atoms with Crippen LogP contribution in [-0.2, 0) is 9.53 Å². The van der Waals surface area contributed by atoms with Gasteiger partial charge in [0.1, 0.15) is 11.7 Å². The number of rotatable bonds is 5. The number of esters is 1. The summed E-state index contributed by atoms with van der Waals surface area (Å²) in [5.41, 5.74) is -1.37. The highest BCUT2D eigenvalue weighted by Crippen LogP contribution is 2.69. The highest BCUT2D eigenvalue weighted by atomic mass is 16.5. The number of hydrogen-bond donors (Lipinski definition) is 4. The Morgan fingerprint density at radius 3 is 2.37 bits per heavy atom. The number of carbonyl (C=O) groups is 1. The van der Waals surface area contributed by atoms with Gasteiger partial charge in [-0.2, -0.15) is 0 Å². The van der Waals surface area contributed by atoms with Gasteiger partial charge in [0.15, 0.2) is 0 Å². The van der Waals surface area contributed by atoms with Gasteiger partial charge in [-0.1, -0.05) is 32.4 Å². The Balaban J connectivity index is 1.71. The molecule has 0 aromatic carbocycles. The molecule has 4 aliphatic rings. The molecule has 200 valence electrons. The largest absolute Gasteiger partial charge is 0.462 e. The maximum Gasteiger partial charge on any atom is 0.302 e. The first kappa shape index (κ1) is 27.1. The summed E-state index contributed by atoms with van der Waals surface area (Å²) in [4.78, 5) is 12.3. The second-order valence-electron chi connectivity index (χ2n) is 13.2. The van der Waals surface area contributed by atoms with Crippen molar-refractivity contribution in [3.63, 3.8) is 0 Å². The standard InChI is InChI=1S/C29H48O6/c1-16(2)8-7-9-17(3)21-10-11-22-20-13-25(33)29(34)14-19(31)12-24(32)28(29,6)26(20)23(35-18(4)30)15-27(21,22)5/h8,17,19-26,31-34H,7,9-15H2,1-6H3/t17-,19?,20+,21-,22+,23?,24?,25?,26-,27-,28-,29?/m1/s1. The Bertz CT molecular complexity index is 837. The molecule has 12 atom stereocenters. The van der Waals surface area contributed by atoms with Crippen molar-refractivity contribution in [2.24, 2.45) is 40.4 Å². The summed E-state index contributed by atoms with van der Waals surface area (Å²) >= 11 is 0. The van der Waals surface area contributed by atoms with Crippen LogP contribution in [0.2, 0.25) is 0 Å². The molecule has 0 aromatic rings. The molecule has 35 heavy (non-hydrogen) atoms. The van der Waals surface area contributed by atoms with Crippen molar-refractivity contribution in [3.05, 3.63) is 11.6 Å². The second-order valence-corrected chi connectivity index (χ2v) is 13.2. The maximum absolute atomic E-state index is 12.3. The molecule has 4 aliphatic carbocycles. The van der Waals surface area contributed by atoms with Gasteiger partial charge in [-0.25, -0.2) is 0 Å². The van der Waals surface area contributed by atoms with Crippen LogP contribution in [0.25, 0.3) is 0 Å². The van der Waals surface area contributed by atoms with Crippen LogP contribution in [0.1, 0.15) is 92.9 Å². The number of allylic oxidation sites excluding steroid dienone is 2. The van der Waals surface area contributed by atoms with Crippen LogP contribution in [0.15, 0.2) is 11.6 Å². The third-order valence-corrected chi connectivity index (χ3v) is 11.1. The summed E-state index contributed by atoms with van der Waals surface area (Å²) in [6.45, 7) is 12.3. The fraction of sp³-hybridized carbons (Fsp3) is 0.897. The van der Waals surface area contributed by atoms with Crippen LogP contribution in [0.4, 0.5) is 0 Å². The van der Waals surface area contributed by atoms with E-state index in [2.05, 4.69) is 33.8 Å². The highest BCUT2D eigenvalue weighted by Gasteiger charge is 2.72. The fourth-order valence-electron chi connectivity index (χ4n) is 9.54. The first-order chi connectivity index (χ1) is 16.3. The van der Waals surface area contributed by atoms with E-state index in [0.29, 0.717) is 30.6 Å². The smallest absolute Gasteiger partial charge is 0.302 e. The van der Waals surface area contributed by atoms with Gasteiger partial charge in [0.2, 0.25) is 0 Å². The van der Waals surface area contributed by atoms with E-state index in [-0.39, 0.29) is 36.1 Å². The van der Waals surface area contributed by atoms with Crippen molar-refractivity contribution < 1.29 is 30.0 Å². The van der Waals surface area contributed by atoms with E-state index in [9.17, 15) is 25.2 Å². The average Bonchev–Trinajstić information content (AvgIpc) is 3.07. The third kappa shape index (κ3) is 4.20. The summed E-state index contributed by atoms with van der Waals surface area (Å²) in [5, 5.41) is 44.9. The van der Waals surface area contributed by atoms with Crippen molar-refractivity contribution >= 4 is 5.97 Å². The number of aliphatic hydroxyl groups excluding tert-OH is 3. The lowest BCUT2D eigenvalue weighted by molar-refractivity contribution is -0.311. The molecule has 4 fully saturated rings. The minimum atomic E-state index is -1.62. The molecular weight excluding hydrogens is 444 g/mol. The Hall–Kier alpha value is -0.950. The predicted octanol–water partition coefficient (Wildman–Crippen LogP) is 3.99. The van der Waals surface area contributed by atoms with E-state index in [1.54, 1.807) is 0 Å². The normalized spacial score (nSPS) is 49.9. The van der Waals surface area contributed by atoms with Gasteiger partial charge in [-0.15, -0.1) is 0 Å². The quantitative estimate of drug-likeness (QED) is 0.342. The number of fused-ring (bicyclic) bond motifs is 5. The lowest BCUT2D eigenvalue weighted by atomic mass is 9.41. The van der Waals surface area contributed by atoms with Crippen LogP contribution < -0.4 is 0 Å². The van der Waals surface area contributed by atoms with Gasteiger partial charge in [-0.05, 0) is 87.9 Å². The number of aliphatic hydroxyl groups is 4. The van der Waals surface area contributed by atoms with Gasteiger partial charge in [0.25, 0.3) is 0 Å². The first-order valence-electron chi connectivity index (χ1n) is 13.8. The first-order valence-corrected chi connectivity index (χ1v) is 13.8. The minimum absolute atomic E-state index is 0.0314. The summed E-state index contributed by atoms with van der Waals surface area (Å²) in [5.74, 6) is 0.807. The molecule has 0 amide bonds. The van der Waals surface area contributed by atoms with E-state index in [1.165, 1.54) is 12.5 Å². The van der Waals surface area contributed by atoms with Crippen molar-refractivity contribution in [1.82, 2.24) is 0 Å². The SMILES string of the molecule is CC(=O)OC1C[C@]2(C)[C@@H]([C@H](C)CCC=C(C)C)CC[C@H]2[C@@H]2CC(O)C3(O)CC(O)CC(O)[C@]3(C)[C@@H]12. The van der Waals surface area contributed by atoms with Crippen LogP contribution >= 0.6 is 0 Å². The highest BCUT2D eigenvalue weighted by molar-refractivity contribution is 5.66. The van der Waals surface area contributed by atoms with Gasteiger partial charge in [-0.3, -0.25) is 4.79 Å². The van der Waals surface area contributed by atoms with E-state index in [0.717, 1.165) is 25.7 Å². The molecule has 4 saturated carbocycles. The van der Waals surface area contributed by atoms with Crippen LogP contribution in [0.5, 0.6) is 0 Å². The van der Waals surface area contributed by atoms with Gasteiger partial charge >= 0.3 is 5.97 Å². The topological polar surface area (TPSA) is 107 Å². The molecule has 4 rings (SSSR count). The van der Waals surface area contributed by atoms with Gasteiger partial charge < -0.3 is 25.2 Å². The Morgan fingerprint density at radius 2 is 1.74 bits per heavy atom. The van der Waals surface area contributed by atoms with E-state index in [1.807, 2.05) is 6.92 Å². The van der Waals surface area contributed by atoms with E-state index >= 15 is 0 Å². The predicted molar refractivity (Wildman–Crippen MR) is 134 cm³/mol. The summed E-state index contributed by atoms with van der Waals surface area (Å²) < 4.78 is 6.03. The van der Waals surface area contributed by atoms with E-state index in [4.69, 9.17) is 4.74 Å². The average molecular weight is 493 g/mol. The number of carbonyl (C=O) groups excluding carboxylic acids is 1. The lowest BCUT2D eigenvalue weighted by Crippen LogP contribution is -2.75. The molecule has 0 bridgehead atoms. The summed E-state index contributed by atoms with van der Waals surface area (Å²) in [6.07, 6.45) is 4.67.